The summed E-state index contributed by atoms with van der Waals surface area (Å²) in [5.41, 5.74) is 7.21. The average Bonchev–Trinajstić information content (AvgIpc) is 2.33. The molecular formula is C13H17NO3. The molecule has 0 amide bonds. The molecule has 1 aliphatic rings. The molecular weight excluding hydrogens is 218 g/mol. The molecule has 0 radical (unpaired) electrons. The molecule has 4 heteroatoms. The smallest absolute Gasteiger partial charge is 0.310 e. The van der Waals surface area contributed by atoms with Gasteiger partial charge in [-0.2, -0.15) is 0 Å². The number of hydrogen-bond donors (Lipinski definition) is 1. The first-order chi connectivity index (χ1) is 8.25. The Balaban J connectivity index is 1.86. The molecule has 0 spiro atoms. The lowest BCUT2D eigenvalue weighted by atomic mass is 10.1. The van der Waals surface area contributed by atoms with Crippen molar-refractivity contribution in [3.05, 3.63) is 29.8 Å². The summed E-state index contributed by atoms with van der Waals surface area (Å²) in [6.45, 7) is 1.27. The number of nitrogens with two attached hydrogens (primary N) is 1. The number of ether oxygens (including phenoxy) is 2. The predicted molar refractivity (Wildman–Crippen MR) is 64.5 cm³/mol. The number of para-hydroxylation sites is 1. The molecule has 0 saturated carbocycles. The number of esters is 1. The van der Waals surface area contributed by atoms with Crippen molar-refractivity contribution in [2.24, 2.45) is 0 Å². The second-order valence-corrected chi connectivity index (χ2v) is 4.20. The monoisotopic (exact) mass is 235 g/mol. The molecule has 4 nitrogen and oxygen atoms in total. The minimum absolute atomic E-state index is 0.0961. The van der Waals surface area contributed by atoms with Crippen LogP contribution >= 0.6 is 0 Å². The van der Waals surface area contributed by atoms with Gasteiger partial charge in [-0.3, -0.25) is 4.79 Å². The third kappa shape index (κ3) is 3.46. The van der Waals surface area contributed by atoms with Gasteiger partial charge in [-0.05, 0) is 24.5 Å². The van der Waals surface area contributed by atoms with Gasteiger partial charge in [0.15, 0.2) is 0 Å². The van der Waals surface area contributed by atoms with Crippen LogP contribution in [-0.4, -0.2) is 25.3 Å². The summed E-state index contributed by atoms with van der Waals surface area (Å²) >= 11 is 0. The zero-order chi connectivity index (χ0) is 12.1. The average molecular weight is 235 g/mol. The second kappa shape index (κ2) is 5.68. The molecule has 1 unspecified atom stereocenters. The van der Waals surface area contributed by atoms with Gasteiger partial charge in [0.2, 0.25) is 0 Å². The Morgan fingerprint density at radius 1 is 1.47 bits per heavy atom. The van der Waals surface area contributed by atoms with Crippen molar-refractivity contribution in [1.82, 2.24) is 0 Å². The quantitative estimate of drug-likeness (QED) is 0.637. The van der Waals surface area contributed by atoms with Crippen molar-refractivity contribution in [2.75, 3.05) is 18.9 Å². The highest BCUT2D eigenvalue weighted by atomic mass is 16.6. The third-order valence-corrected chi connectivity index (χ3v) is 2.81. The van der Waals surface area contributed by atoms with Crippen LogP contribution in [0.5, 0.6) is 0 Å². The van der Waals surface area contributed by atoms with Crippen LogP contribution in [0.2, 0.25) is 0 Å². The van der Waals surface area contributed by atoms with E-state index < -0.39 is 0 Å². The predicted octanol–water partition coefficient (Wildman–Crippen LogP) is 1.53. The topological polar surface area (TPSA) is 61.6 Å². The number of anilines is 1. The van der Waals surface area contributed by atoms with Gasteiger partial charge in [-0.15, -0.1) is 0 Å². The molecule has 2 rings (SSSR count). The minimum atomic E-state index is -0.238. The van der Waals surface area contributed by atoms with Gasteiger partial charge < -0.3 is 15.2 Å². The summed E-state index contributed by atoms with van der Waals surface area (Å²) in [5, 5.41) is 0. The first-order valence-electron chi connectivity index (χ1n) is 5.86. The van der Waals surface area contributed by atoms with Gasteiger partial charge in [-0.25, -0.2) is 0 Å². The van der Waals surface area contributed by atoms with E-state index in [1.165, 1.54) is 0 Å². The van der Waals surface area contributed by atoms with Crippen molar-refractivity contribution in [2.45, 2.75) is 25.4 Å². The van der Waals surface area contributed by atoms with E-state index >= 15 is 0 Å². The Morgan fingerprint density at radius 2 is 2.29 bits per heavy atom. The van der Waals surface area contributed by atoms with Crippen molar-refractivity contribution in [3.8, 4) is 0 Å². The third-order valence-electron chi connectivity index (χ3n) is 2.81. The molecule has 1 aromatic carbocycles. The molecule has 0 aromatic heterocycles. The largest absolute Gasteiger partial charge is 0.460 e. The van der Waals surface area contributed by atoms with E-state index in [1.807, 2.05) is 18.2 Å². The number of rotatable bonds is 3. The molecule has 1 aliphatic heterocycles. The fourth-order valence-corrected chi connectivity index (χ4v) is 1.88. The van der Waals surface area contributed by atoms with Crippen LogP contribution in [-0.2, 0) is 20.7 Å². The Labute approximate surface area is 101 Å². The summed E-state index contributed by atoms with van der Waals surface area (Å²) in [7, 11) is 0. The SMILES string of the molecule is Nc1ccccc1CC(=O)OC1CCCOC1. The van der Waals surface area contributed by atoms with Gasteiger partial charge in [-0.1, -0.05) is 18.2 Å². The lowest BCUT2D eigenvalue weighted by Gasteiger charge is -2.22. The Hall–Kier alpha value is -1.55. The van der Waals surface area contributed by atoms with Crippen LogP contribution in [0.25, 0.3) is 0 Å². The lowest BCUT2D eigenvalue weighted by Crippen LogP contribution is -2.28. The minimum Gasteiger partial charge on any atom is -0.460 e. The Kier molecular flexibility index (Phi) is 3.98. The van der Waals surface area contributed by atoms with Crippen LogP contribution < -0.4 is 5.73 Å². The molecule has 0 bridgehead atoms. The first-order valence-corrected chi connectivity index (χ1v) is 5.86. The molecule has 1 saturated heterocycles. The molecule has 1 fully saturated rings. The highest BCUT2D eigenvalue weighted by molar-refractivity contribution is 5.75. The summed E-state index contributed by atoms with van der Waals surface area (Å²) in [6, 6.07) is 7.34. The summed E-state index contributed by atoms with van der Waals surface area (Å²) in [4.78, 5) is 11.7. The molecule has 1 atom stereocenters. The molecule has 1 aromatic rings. The number of benzene rings is 1. The van der Waals surface area contributed by atoms with E-state index in [2.05, 4.69) is 0 Å². The zero-order valence-corrected chi connectivity index (χ0v) is 9.72. The van der Waals surface area contributed by atoms with Gasteiger partial charge in [0.25, 0.3) is 0 Å². The van der Waals surface area contributed by atoms with Crippen molar-refractivity contribution in [3.63, 3.8) is 0 Å². The van der Waals surface area contributed by atoms with E-state index in [0.717, 1.165) is 25.0 Å². The van der Waals surface area contributed by atoms with Crippen LogP contribution in [0.1, 0.15) is 18.4 Å². The van der Waals surface area contributed by atoms with Crippen molar-refractivity contribution in [1.29, 1.82) is 0 Å². The van der Waals surface area contributed by atoms with Gasteiger partial charge in [0.05, 0.1) is 13.0 Å². The molecule has 92 valence electrons. The fourth-order valence-electron chi connectivity index (χ4n) is 1.88. The number of hydrogen-bond acceptors (Lipinski definition) is 4. The molecule has 2 N–H and O–H groups in total. The normalized spacial score (nSPS) is 19.9. The van der Waals surface area contributed by atoms with E-state index in [1.54, 1.807) is 6.07 Å². The first kappa shape index (κ1) is 11.9. The van der Waals surface area contributed by atoms with Crippen molar-refractivity contribution < 1.29 is 14.3 Å². The number of nitrogen functional groups attached to an aromatic ring is 1. The van der Waals surface area contributed by atoms with E-state index in [-0.39, 0.29) is 18.5 Å². The molecule has 1 heterocycles. The van der Waals surface area contributed by atoms with Gasteiger partial charge in [0.1, 0.15) is 6.10 Å². The van der Waals surface area contributed by atoms with Gasteiger partial charge >= 0.3 is 5.97 Å². The second-order valence-electron chi connectivity index (χ2n) is 4.20. The summed E-state index contributed by atoms with van der Waals surface area (Å²) in [6.07, 6.45) is 1.96. The van der Waals surface area contributed by atoms with Crippen LogP contribution in [0, 0.1) is 0 Å². The van der Waals surface area contributed by atoms with Crippen molar-refractivity contribution >= 4 is 11.7 Å². The fraction of sp³-hybridized carbons (Fsp3) is 0.462. The zero-order valence-electron chi connectivity index (χ0n) is 9.72. The van der Waals surface area contributed by atoms with Crippen LogP contribution in [0.4, 0.5) is 5.69 Å². The number of carbonyl (C=O) groups is 1. The summed E-state index contributed by atoms with van der Waals surface area (Å²) < 4.78 is 10.6. The van der Waals surface area contributed by atoms with E-state index in [9.17, 15) is 4.79 Å². The molecule has 17 heavy (non-hydrogen) atoms. The van der Waals surface area contributed by atoms with Crippen LogP contribution in [0.3, 0.4) is 0 Å². The Morgan fingerprint density at radius 3 is 3.00 bits per heavy atom. The highest BCUT2D eigenvalue weighted by Crippen LogP contribution is 2.14. The van der Waals surface area contributed by atoms with E-state index in [4.69, 9.17) is 15.2 Å². The lowest BCUT2D eigenvalue weighted by molar-refractivity contribution is -0.154. The van der Waals surface area contributed by atoms with E-state index in [0.29, 0.717) is 12.3 Å². The summed E-state index contributed by atoms with van der Waals surface area (Å²) in [5.74, 6) is -0.238. The van der Waals surface area contributed by atoms with Crippen LogP contribution in [0.15, 0.2) is 24.3 Å². The highest BCUT2D eigenvalue weighted by Gasteiger charge is 2.18. The standard InChI is InChI=1S/C13H17NO3/c14-12-6-2-1-4-10(12)8-13(15)17-11-5-3-7-16-9-11/h1-2,4,6,11H,3,5,7-9,14H2. The molecule has 0 aliphatic carbocycles. The number of carbonyl (C=O) groups excluding carboxylic acids is 1. The maximum Gasteiger partial charge on any atom is 0.310 e. The van der Waals surface area contributed by atoms with Gasteiger partial charge in [0, 0.05) is 12.3 Å². The maximum atomic E-state index is 11.7. The maximum absolute atomic E-state index is 11.7. The Bertz CT molecular complexity index is 386.